The first-order chi connectivity index (χ1) is 7.73. The van der Waals surface area contributed by atoms with Gasteiger partial charge >= 0.3 is 5.97 Å². The molecular weight excluding hydrogens is 204 g/mol. The molecule has 1 saturated carbocycles. The lowest BCUT2D eigenvalue weighted by Gasteiger charge is -2.32. The first kappa shape index (κ1) is 11.0. The normalized spacial score (nSPS) is 19.2. The summed E-state index contributed by atoms with van der Waals surface area (Å²) >= 11 is 0. The minimum absolute atomic E-state index is 0.510. The second-order valence-corrected chi connectivity index (χ2v) is 4.52. The van der Waals surface area contributed by atoms with Crippen LogP contribution in [-0.4, -0.2) is 21.0 Å². The van der Waals surface area contributed by atoms with Gasteiger partial charge in [0.2, 0.25) is 0 Å². The molecule has 1 aromatic heterocycles. The van der Waals surface area contributed by atoms with Gasteiger partial charge in [0.1, 0.15) is 0 Å². The Morgan fingerprint density at radius 2 is 2.06 bits per heavy atom. The zero-order valence-corrected chi connectivity index (χ0v) is 9.22. The van der Waals surface area contributed by atoms with E-state index in [0.717, 1.165) is 37.8 Å². The van der Waals surface area contributed by atoms with Gasteiger partial charge in [0.15, 0.2) is 0 Å². The molecule has 1 aliphatic carbocycles. The van der Waals surface area contributed by atoms with E-state index in [1.807, 2.05) is 0 Å². The van der Waals surface area contributed by atoms with E-state index in [1.165, 1.54) is 0 Å². The van der Waals surface area contributed by atoms with Gasteiger partial charge in [-0.25, -0.2) is 0 Å². The van der Waals surface area contributed by atoms with E-state index in [2.05, 4.69) is 9.97 Å². The molecule has 0 aromatic carbocycles. The third-order valence-corrected chi connectivity index (χ3v) is 3.40. The lowest BCUT2D eigenvalue weighted by atomic mass is 9.71. The monoisotopic (exact) mass is 220 g/mol. The average Bonchev–Trinajstić information content (AvgIpc) is 2.31. The van der Waals surface area contributed by atoms with Crippen LogP contribution in [-0.2, 0) is 11.2 Å². The minimum Gasteiger partial charge on any atom is -0.481 e. The molecule has 0 spiro atoms. The van der Waals surface area contributed by atoms with Gasteiger partial charge in [-0.1, -0.05) is 19.3 Å². The molecular formula is C12H16N2O2. The molecule has 4 heteroatoms. The van der Waals surface area contributed by atoms with Gasteiger partial charge in [-0.15, -0.1) is 0 Å². The highest BCUT2D eigenvalue weighted by atomic mass is 16.4. The van der Waals surface area contributed by atoms with Crippen LogP contribution in [0.25, 0.3) is 0 Å². The first-order valence-electron chi connectivity index (χ1n) is 5.71. The molecule has 1 heterocycles. The second kappa shape index (κ2) is 4.60. The molecule has 4 nitrogen and oxygen atoms in total. The quantitative estimate of drug-likeness (QED) is 0.846. The fourth-order valence-corrected chi connectivity index (χ4v) is 2.46. The number of carboxylic acid groups (broad SMARTS) is 1. The molecule has 16 heavy (non-hydrogen) atoms. The van der Waals surface area contributed by atoms with Gasteiger partial charge in [0, 0.05) is 25.0 Å². The standard InChI is InChI=1S/C12H16N2O2/c15-11(16)12(4-2-1-3-5-12)8-10-9-13-6-7-14-10/h6-7,9H,1-5,8H2,(H,15,16). The molecule has 86 valence electrons. The van der Waals surface area contributed by atoms with Crippen molar-refractivity contribution >= 4 is 5.97 Å². The molecule has 1 aliphatic rings. The Morgan fingerprint density at radius 1 is 1.31 bits per heavy atom. The molecule has 0 amide bonds. The van der Waals surface area contributed by atoms with E-state index in [-0.39, 0.29) is 0 Å². The van der Waals surface area contributed by atoms with Crippen LogP contribution in [0.3, 0.4) is 0 Å². The van der Waals surface area contributed by atoms with Crippen molar-refractivity contribution in [3.63, 3.8) is 0 Å². The van der Waals surface area contributed by atoms with E-state index < -0.39 is 11.4 Å². The number of hydrogen-bond donors (Lipinski definition) is 1. The smallest absolute Gasteiger partial charge is 0.310 e. The van der Waals surface area contributed by atoms with Crippen molar-refractivity contribution in [1.82, 2.24) is 9.97 Å². The lowest BCUT2D eigenvalue weighted by Crippen LogP contribution is -2.35. The highest BCUT2D eigenvalue weighted by Crippen LogP contribution is 2.39. The molecule has 0 atom stereocenters. The Hall–Kier alpha value is -1.45. The van der Waals surface area contributed by atoms with Crippen LogP contribution in [0.5, 0.6) is 0 Å². The number of carbonyl (C=O) groups is 1. The molecule has 0 radical (unpaired) electrons. The summed E-state index contributed by atoms with van der Waals surface area (Å²) in [6.07, 6.45) is 10.1. The summed E-state index contributed by atoms with van der Waals surface area (Å²) in [5.41, 5.74) is 0.181. The Kier molecular flexibility index (Phi) is 3.17. The Bertz CT molecular complexity index is 359. The zero-order chi connectivity index (χ0) is 11.4. The van der Waals surface area contributed by atoms with E-state index in [9.17, 15) is 9.90 Å². The largest absolute Gasteiger partial charge is 0.481 e. The fourth-order valence-electron chi connectivity index (χ4n) is 2.46. The van der Waals surface area contributed by atoms with Crippen molar-refractivity contribution in [3.05, 3.63) is 24.3 Å². The SMILES string of the molecule is O=C(O)C1(Cc2cnccn2)CCCCC1. The number of aliphatic carboxylic acids is 1. The first-order valence-corrected chi connectivity index (χ1v) is 5.71. The van der Waals surface area contributed by atoms with Crippen LogP contribution < -0.4 is 0 Å². The highest BCUT2D eigenvalue weighted by molar-refractivity contribution is 5.75. The number of carboxylic acids is 1. The van der Waals surface area contributed by atoms with Crippen molar-refractivity contribution in [1.29, 1.82) is 0 Å². The number of rotatable bonds is 3. The summed E-state index contributed by atoms with van der Waals surface area (Å²) < 4.78 is 0. The molecule has 0 aliphatic heterocycles. The average molecular weight is 220 g/mol. The van der Waals surface area contributed by atoms with Crippen molar-refractivity contribution in [2.24, 2.45) is 5.41 Å². The molecule has 2 rings (SSSR count). The number of hydrogen-bond acceptors (Lipinski definition) is 3. The van der Waals surface area contributed by atoms with Gasteiger partial charge in [-0.2, -0.15) is 0 Å². The van der Waals surface area contributed by atoms with E-state index in [0.29, 0.717) is 6.42 Å². The summed E-state index contributed by atoms with van der Waals surface area (Å²) in [6.45, 7) is 0. The van der Waals surface area contributed by atoms with E-state index in [1.54, 1.807) is 18.6 Å². The predicted molar refractivity (Wildman–Crippen MR) is 58.9 cm³/mol. The van der Waals surface area contributed by atoms with Gasteiger partial charge in [-0.3, -0.25) is 14.8 Å². The second-order valence-electron chi connectivity index (χ2n) is 4.52. The van der Waals surface area contributed by atoms with E-state index >= 15 is 0 Å². The Labute approximate surface area is 94.7 Å². The third-order valence-electron chi connectivity index (χ3n) is 3.40. The molecule has 0 unspecified atom stereocenters. The number of nitrogens with zero attached hydrogens (tertiary/aromatic N) is 2. The predicted octanol–water partition coefficient (Wildman–Crippen LogP) is 2.05. The highest BCUT2D eigenvalue weighted by Gasteiger charge is 2.39. The van der Waals surface area contributed by atoms with Gasteiger partial charge in [0.25, 0.3) is 0 Å². The Balaban J connectivity index is 2.17. The molecule has 1 aromatic rings. The summed E-state index contributed by atoms with van der Waals surface area (Å²) in [6, 6.07) is 0. The summed E-state index contributed by atoms with van der Waals surface area (Å²) in [4.78, 5) is 19.6. The summed E-state index contributed by atoms with van der Waals surface area (Å²) in [5.74, 6) is -0.683. The van der Waals surface area contributed by atoms with Crippen molar-refractivity contribution in [2.75, 3.05) is 0 Å². The number of aromatic nitrogens is 2. The van der Waals surface area contributed by atoms with Crippen LogP contribution in [0.2, 0.25) is 0 Å². The van der Waals surface area contributed by atoms with Crippen LogP contribution in [0, 0.1) is 5.41 Å². The Morgan fingerprint density at radius 3 is 2.62 bits per heavy atom. The topological polar surface area (TPSA) is 63.1 Å². The van der Waals surface area contributed by atoms with Gasteiger partial charge in [-0.05, 0) is 12.8 Å². The molecule has 1 fully saturated rings. The van der Waals surface area contributed by atoms with Crippen LogP contribution in [0.15, 0.2) is 18.6 Å². The fraction of sp³-hybridized carbons (Fsp3) is 0.583. The molecule has 0 saturated heterocycles. The minimum atomic E-state index is -0.683. The summed E-state index contributed by atoms with van der Waals surface area (Å²) in [7, 11) is 0. The van der Waals surface area contributed by atoms with Gasteiger partial charge in [0.05, 0.1) is 11.1 Å². The van der Waals surface area contributed by atoms with Gasteiger partial charge < -0.3 is 5.11 Å². The zero-order valence-electron chi connectivity index (χ0n) is 9.22. The molecule has 0 bridgehead atoms. The van der Waals surface area contributed by atoms with Crippen molar-refractivity contribution in [2.45, 2.75) is 38.5 Å². The molecule has 1 N–H and O–H groups in total. The maximum atomic E-state index is 11.4. The van der Waals surface area contributed by atoms with Crippen molar-refractivity contribution in [3.8, 4) is 0 Å². The third kappa shape index (κ3) is 2.21. The maximum Gasteiger partial charge on any atom is 0.310 e. The van der Waals surface area contributed by atoms with Crippen LogP contribution >= 0.6 is 0 Å². The van der Waals surface area contributed by atoms with Crippen molar-refractivity contribution < 1.29 is 9.90 Å². The summed E-state index contributed by atoms with van der Waals surface area (Å²) in [5, 5.41) is 9.40. The lowest BCUT2D eigenvalue weighted by molar-refractivity contribution is -0.151. The van der Waals surface area contributed by atoms with Crippen LogP contribution in [0.1, 0.15) is 37.8 Å². The van der Waals surface area contributed by atoms with Crippen LogP contribution in [0.4, 0.5) is 0 Å². The van der Waals surface area contributed by atoms with E-state index in [4.69, 9.17) is 0 Å². The maximum absolute atomic E-state index is 11.4.